The topological polar surface area (TPSA) is 46.1 Å². The van der Waals surface area contributed by atoms with Gasteiger partial charge in [0.25, 0.3) is 5.91 Å². The number of benzene rings is 1. The summed E-state index contributed by atoms with van der Waals surface area (Å²) >= 11 is 0. The maximum atomic E-state index is 12.3. The molecule has 1 aromatic carbocycles. The second-order valence-corrected chi connectivity index (χ2v) is 5.07. The van der Waals surface area contributed by atoms with Crippen molar-refractivity contribution >= 4 is 5.91 Å². The molecule has 0 atom stereocenters. The molecule has 4 heteroatoms. The number of likely N-dealkylation sites (tertiary alicyclic amines) is 1. The monoisotopic (exact) mass is 267 g/mol. The third-order valence-electron chi connectivity index (χ3n) is 3.84. The van der Waals surface area contributed by atoms with Gasteiger partial charge in [0.15, 0.2) is 0 Å². The van der Waals surface area contributed by atoms with Crippen LogP contribution in [0.4, 0.5) is 0 Å². The summed E-state index contributed by atoms with van der Waals surface area (Å²) in [5.41, 5.74) is 1.81. The van der Waals surface area contributed by atoms with Crippen LogP contribution in [-0.4, -0.2) is 33.9 Å². The lowest BCUT2D eigenvalue weighted by Gasteiger charge is -2.32. The predicted molar refractivity (Wildman–Crippen MR) is 76.4 cm³/mol. The van der Waals surface area contributed by atoms with Crippen molar-refractivity contribution in [2.45, 2.75) is 18.8 Å². The fourth-order valence-electron chi connectivity index (χ4n) is 2.71. The highest BCUT2D eigenvalue weighted by molar-refractivity contribution is 5.92. The smallest absolute Gasteiger partial charge is 0.274 e. The largest absolute Gasteiger partial charge is 0.337 e. The molecule has 1 saturated heterocycles. The number of hydrogen-bond acceptors (Lipinski definition) is 3. The van der Waals surface area contributed by atoms with Gasteiger partial charge in [-0.15, -0.1) is 0 Å². The second-order valence-electron chi connectivity index (χ2n) is 5.07. The average molecular weight is 267 g/mol. The van der Waals surface area contributed by atoms with Gasteiger partial charge in [0.1, 0.15) is 5.69 Å². The summed E-state index contributed by atoms with van der Waals surface area (Å²) in [6.45, 7) is 1.57. The number of nitrogens with zero attached hydrogens (tertiary/aromatic N) is 3. The Morgan fingerprint density at radius 1 is 1.10 bits per heavy atom. The first kappa shape index (κ1) is 12.8. The first-order valence-electron chi connectivity index (χ1n) is 6.95. The predicted octanol–water partition coefficient (Wildman–Crippen LogP) is 2.50. The quantitative estimate of drug-likeness (QED) is 0.840. The van der Waals surface area contributed by atoms with E-state index in [9.17, 15) is 4.79 Å². The van der Waals surface area contributed by atoms with E-state index in [1.54, 1.807) is 12.4 Å². The van der Waals surface area contributed by atoms with Crippen molar-refractivity contribution in [1.29, 1.82) is 0 Å². The molecule has 3 rings (SSSR count). The lowest BCUT2D eigenvalue weighted by atomic mass is 9.89. The molecule has 1 amide bonds. The van der Waals surface area contributed by atoms with Crippen LogP contribution < -0.4 is 0 Å². The Hall–Kier alpha value is -2.23. The zero-order valence-corrected chi connectivity index (χ0v) is 11.3. The molecule has 4 nitrogen and oxygen atoms in total. The number of carbonyl (C=O) groups excluding carboxylic acids is 1. The summed E-state index contributed by atoms with van der Waals surface area (Å²) in [6.07, 6.45) is 6.69. The van der Waals surface area contributed by atoms with Gasteiger partial charge in [-0.1, -0.05) is 30.3 Å². The number of aromatic nitrogens is 2. The Morgan fingerprint density at radius 2 is 1.85 bits per heavy atom. The maximum Gasteiger partial charge on any atom is 0.274 e. The first-order valence-corrected chi connectivity index (χ1v) is 6.95. The molecule has 0 radical (unpaired) electrons. The zero-order valence-electron chi connectivity index (χ0n) is 11.3. The van der Waals surface area contributed by atoms with Gasteiger partial charge in [-0.05, 0) is 24.3 Å². The number of carbonyl (C=O) groups is 1. The second kappa shape index (κ2) is 5.82. The molecule has 2 aromatic rings. The fraction of sp³-hybridized carbons (Fsp3) is 0.312. The van der Waals surface area contributed by atoms with Crippen LogP contribution in [0.25, 0.3) is 0 Å². The van der Waals surface area contributed by atoms with Crippen LogP contribution in [-0.2, 0) is 0 Å². The summed E-state index contributed by atoms with van der Waals surface area (Å²) in [7, 11) is 0. The highest BCUT2D eigenvalue weighted by Crippen LogP contribution is 2.28. The van der Waals surface area contributed by atoms with Gasteiger partial charge in [0, 0.05) is 25.5 Å². The van der Waals surface area contributed by atoms with E-state index in [1.165, 1.54) is 11.8 Å². The van der Waals surface area contributed by atoms with Crippen molar-refractivity contribution in [3.8, 4) is 0 Å². The Labute approximate surface area is 118 Å². The van der Waals surface area contributed by atoms with Crippen LogP contribution in [0.1, 0.15) is 34.8 Å². The normalized spacial score (nSPS) is 16.1. The lowest BCUT2D eigenvalue weighted by molar-refractivity contribution is 0.0706. The van der Waals surface area contributed by atoms with Gasteiger partial charge >= 0.3 is 0 Å². The van der Waals surface area contributed by atoms with E-state index >= 15 is 0 Å². The molecular weight excluding hydrogens is 250 g/mol. The Kier molecular flexibility index (Phi) is 3.72. The van der Waals surface area contributed by atoms with Crippen molar-refractivity contribution in [1.82, 2.24) is 14.9 Å². The maximum absolute atomic E-state index is 12.3. The molecule has 20 heavy (non-hydrogen) atoms. The van der Waals surface area contributed by atoms with Crippen LogP contribution in [0, 0.1) is 0 Å². The van der Waals surface area contributed by atoms with Crippen molar-refractivity contribution in [2.24, 2.45) is 0 Å². The molecule has 1 fully saturated rings. The fourth-order valence-corrected chi connectivity index (χ4v) is 2.71. The molecule has 1 aliphatic heterocycles. The average Bonchev–Trinajstić information content (AvgIpc) is 2.56. The molecular formula is C16H17N3O. The van der Waals surface area contributed by atoms with Crippen molar-refractivity contribution in [3.05, 3.63) is 60.2 Å². The minimum atomic E-state index is -0.00962. The van der Waals surface area contributed by atoms with E-state index < -0.39 is 0 Å². The van der Waals surface area contributed by atoms with Gasteiger partial charge in [-0.2, -0.15) is 0 Å². The Morgan fingerprint density at radius 3 is 2.50 bits per heavy atom. The summed E-state index contributed by atoms with van der Waals surface area (Å²) in [4.78, 5) is 22.2. The molecule has 0 aliphatic carbocycles. The summed E-state index contributed by atoms with van der Waals surface area (Å²) in [6, 6.07) is 10.5. The van der Waals surface area contributed by atoms with Gasteiger partial charge in [-0.3, -0.25) is 9.78 Å². The Bertz CT molecular complexity index is 563. The molecule has 0 unspecified atom stereocenters. The molecule has 0 saturated carbocycles. The summed E-state index contributed by atoms with van der Waals surface area (Å²) in [5.74, 6) is 0.548. The third-order valence-corrected chi connectivity index (χ3v) is 3.84. The van der Waals surface area contributed by atoms with Crippen molar-refractivity contribution in [3.63, 3.8) is 0 Å². The lowest BCUT2D eigenvalue weighted by Crippen LogP contribution is -2.38. The highest BCUT2D eigenvalue weighted by Gasteiger charge is 2.24. The van der Waals surface area contributed by atoms with Crippen molar-refractivity contribution in [2.75, 3.05) is 13.1 Å². The molecule has 2 heterocycles. The summed E-state index contributed by atoms with van der Waals surface area (Å²) in [5, 5.41) is 0. The number of piperidine rings is 1. The van der Waals surface area contributed by atoms with E-state index in [2.05, 4.69) is 34.2 Å². The van der Waals surface area contributed by atoms with E-state index in [0.29, 0.717) is 11.6 Å². The number of rotatable bonds is 2. The molecule has 0 spiro atoms. The van der Waals surface area contributed by atoms with E-state index in [-0.39, 0.29) is 5.91 Å². The molecule has 1 aromatic heterocycles. The van der Waals surface area contributed by atoms with Crippen LogP contribution in [0.3, 0.4) is 0 Å². The molecule has 0 N–H and O–H groups in total. The third kappa shape index (κ3) is 2.69. The molecule has 102 valence electrons. The van der Waals surface area contributed by atoms with Crippen molar-refractivity contribution < 1.29 is 4.79 Å². The van der Waals surface area contributed by atoms with E-state index in [1.807, 2.05) is 11.0 Å². The van der Waals surface area contributed by atoms with Gasteiger partial charge in [0.05, 0.1) is 6.20 Å². The molecule has 1 aliphatic rings. The van der Waals surface area contributed by atoms with E-state index in [4.69, 9.17) is 0 Å². The summed E-state index contributed by atoms with van der Waals surface area (Å²) < 4.78 is 0. The zero-order chi connectivity index (χ0) is 13.8. The van der Waals surface area contributed by atoms with E-state index in [0.717, 1.165) is 25.9 Å². The van der Waals surface area contributed by atoms with Crippen LogP contribution in [0.2, 0.25) is 0 Å². The highest BCUT2D eigenvalue weighted by atomic mass is 16.2. The number of amides is 1. The number of hydrogen-bond donors (Lipinski definition) is 0. The van der Waals surface area contributed by atoms with Crippen LogP contribution in [0.15, 0.2) is 48.9 Å². The Balaban J connectivity index is 1.63. The minimum absolute atomic E-state index is 0.00962. The first-order chi connectivity index (χ1) is 9.84. The standard InChI is InChI=1S/C16H17N3O/c20-16(15-12-17-8-9-18-15)19-10-6-14(7-11-19)13-4-2-1-3-5-13/h1-5,8-9,12,14H,6-7,10-11H2. The minimum Gasteiger partial charge on any atom is -0.337 e. The van der Waals surface area contributed by atoms with Crippen LogP contribution >= 0.6 is 0 Å². The van der Waals surface area contributed by atoms with Gasteiger partial charge in [0.2, 0.25) is 0 Å². The molecule has 0 bridgehead atoms. The van der Waals surface area contributed by atoms with Gasteiger partial charge in [-0.25, -0.2) is 4.98 Å². The van der Waals surface area contributed by atoms with Crippen LogP contribution in [0.5, 0.6) is 0 Å². The SMILES string of the molecule is O=C(c1cnccn1)N1CCC(c2ccccc2)CC1. The van der Waals surface area contributed by atoms with Gasteiger partial charge < -0.3 is 4.90 Å².